The maximum absolute atomic E-state index is 12.6. The summed E-state index contributed by atoms with van der Waals surface area (Å²) < 4.78 is 0. The van der Waals surface area contributed by atoms with Crippen LogP contribution < -0.4 is 10.6 Å². The summed E-state index contributed by atoms with van der Waals surface area (Å²) in [5, 5.41) is 7.12. The average Bonchev–Trinajstić information content (AvgIpc) is 2.63. The van der Waals surface area contributed by atoms with Gasteiger partial charge >= 0.3 is 0 Å². The van der Waals surface area contributed by atoms with Crippen LogP contribution in [0.3, 0.4) is 0 Å². The van der Waals surface area contributed by atoms with Gasteiger partial charge in [0.15, 0.2) is 0 Å². The highest BCUT2D eigenvalue weighted by Crippen LogP contribution is 2.27. The number of anilines is 2. The number of hydrogen-bond acceptors (Lipinski definition) is 3. The van der Waals surface area contributed by atoms with Crippen molar-refractivity contribution < 1.29 is 4.79 Å². The lowest BCUT2D eigenvalue weighted by molar-refractivity contribution is 0.102. The number of amides is 1. The Morgan fingerprint density at radius 1 is 0.960 bits per heavy atom. The van der Waals surface area contributed by atoms with Crippen LogP contribution in [0.2, 0.25) is 10.0 Å². The van der Waals surface area contributed by atoms with E-state index in [4.69, 9.17) is 23.2 Å². The van der Waals surface area contributed by atoms with Crippen molar-refractivity contribution in [3.63, 3.8) is 0 Å². The second-order valence-corrected chi connectivity index (χ2v) is 6.14. The Morgan fingerprint density at radius 3 is 2.48 bits per heavy atom. The first kappa shape index (κ1) is 17.3. The molecule has 6 heteroatoms. The molecule has 0 aliphatic heterocycles. The maximum atomic E-state index is 12.6. The molecule has 0 aliphatic rings. The molecule has 3 rings (SSSR count). The summed E-state index contributed by atoms with van der Waals surface area (Å²) in [5.74, 6) is -0.256. The van der Waals surface area contributed by atoms with Crippen molar-refractivity contribution in [2.45, 2.75) is 6.54 Å². The van der Waals surface area contributed by atoms with Crippen molar-refractivity contribution in [3.05, 3.63) is 88.2 Å². The number of benzene rings is 2. The summed E-state index contributed by atoms with van der Waals surface area (Å²) in [4.78, 5) is 16.9. The first-order valence-electron chi connectivity index (χ1n) is 7.63. The quantitative estimate of drug-likeness (QED) is 0.643. The average molecular weight is 372 g/mol. The molecule has 0 spiro atoms. The van der Waals surface area contributed by atoms with Gasteiger partial charge < -0.3 is 10.6 Å². The van der Waals surface area contributed by atoms with Gasteiger partial charge in [-0.15, -0.1) is 0 Å². The van der Waals surface area contributed by atoms with Crippen LogP contribution in [-0.4, -0.2) is 10.9 Å². The lowest BCUT2D eigenvalue weighted by Gasteiger charge is -2.14. The van der Waals surface area contributed by atoms with E-state index in [2.05, 4.69) is 15.6 Å². The van der Waals surface area contributed by atoms with E-state index < -0.39 is 0 Å². The molecule has 126 valence electrons. The number of nitrogens with zero attached hydrogens (tertiary/aromatic N) is 1. The zero-order chi connectivity index (χ0) is 17.6. The van der Waals surface area contributed by atoms with Crippen LogP contribution in [0.25, 0.3) is 0 Å². The fourth-order valence-electron chi connectivity index (χ4n) is 2.31. The molecule has 2 N–H and O–H groups in total. The monoisotopic (exact) mass is 371 g/mol. The number of carbonyl (C=O) groups excluding carboxylic acids is 1. The summed E-state index contributed by atoms with van der Waals surface area (Å²) in [5.41, 5.74) is 2.54. The molecule has 1 amide bonds. The van der Waals surface area contributed by atoms with Gasteiger partial charge in [0.1, 0.15) is 0 Å². The second-order valence-electron chi connectivity index (χ2n) is 5.30. The molecule has 0 fully saturated rings. The Balaban J connectivity index is 1.79. The van der Waals surface area contributed by atoms with Crippen LogP contribution >= 0.6 is 23.2 Å². The third kappa shape index (κ3) is 4.50. The summed E-state index contributed by atoms with van der Waals surface area (Å²) in [6.07, 6.45) is 1.72. The van der Waals surface area contributed by atoms with E-state index in [0.29, 0.717) is 33.5 Å². The molecular formula is C19H15Cl2N3O. The summed E-state index contributed by atoms with van der Waals surface area (Å²) >= 11 is 12.1. The van der Waals surface area contributed by atoms with E-state index in [1.54, 1.807) is 48.7 Å². The fraction of sp³-hybridized carbons (Fsp3) is 0.0526. The molecule has 2 aromatic carbocycles. The van der Waals surface area contributed by atoms with Gasteiger partial charge in [-0.05, 0) is 48.5 Å². The number of carbonyl (C=O) groups is 1. The number of para-hydroxylation sites is 1. The van der Waals surface area contributed by atoms with Gasteiger partial charge in [-0.1, -0.05) is 35.3 Å². The Kier molecular flexibility index (Phi) is 5.53. The number of pyridine rings is 1. The molecule has 0 bridgehead atoms. The largest absolute Gasteiger partial charge is 0.378 e. The third-order valence-corrected chi connectivity index (χ3v) is 4.10. The summed E-state index contributed by atoms with van der Waals surface area (Å²) in [6.45, 7) is 0.464. The molecular weight excluding hydrogens is 357 g/mol. The van der Waals surface area contributed by atoms with E-state index >= 15 is 0 Å². The van der Waals surface area contributed by atoms with E-state index in [-0.39, 0.29) is 5.91 Å². The number of rotatable bonds is 5. The van der Waals surface area contributed by atoms with Crippen molar-refractivity contribution in [2.24, 2.45) is 0 Å². The van der Waals surface area contributed by atoms with Gasteiger partial charge in [-0.3, -0.25) is 9.78 Å². The normalized spacial score (nSPS) is 10.3. The first-order chi connectivity index (χ1) is 12.1. The fourth-order valence-corrected chi connectivity index (χ4v) is 2.67. The Hall–Kier alpha value is -2.56. The van der Waals surface area contributed by atoms with Crippen LogP contribution in [0.1, 0.15) is 16.1 Å². The minimum atomic E-state index is -0.256. The molecule has 0 aliphatic carbocycles. The third-order valence-electron chi connectivity index (χ3n) is 3.53. The highest BCUT2D eigenvalue weighted by molar-refractivity contribution is 6.34. The molecule has 0 saturated carbocycles. The van der Waals surface area contributed by atoms with Crippen LogP contribution in [0.5, 0.6) is 0 Å². The van der Waals surface area contributed by atoms with Crippen LogP contribution in [0.4, 0.5) is 11.4 Å². The minimum Gasteiger partial charge on any atom is -0.378 e. The minimum absolute atomic E-state index is 0.256. The van der Waals surface area contributed by atoms with Crippen molar-refractivity contribution in [1.29, 1.82) is 0 Å². The number of nitrogens with one attached hydrogen (secondary N) is 2. The van der Waals surface area contributed by atoms with E-state index in [1.807, 2.05) is 18.2 Å². The smallest absolute Gasteiger partial charge is 0.257 e. The van der Waals surface area contributed by atoms with Crippen molar-refractivity contribution >= 4 is 40.5 Å². The van der Waals surface area contributed by atoms with Gasteiger partial charge in [0.05, 0.1) is 28.5 Å². The Bertz CT molecular complexity index is 868. The zero-order valence-corrected chi connectivity index (χ0v) is 14.7. The van der Waals surface area contributed by atoms with Crippen LogP contribution in [0, 0.1) is 0 Å². The number of hydrogen-bond donors (Lipinski definition) is 2. The molecule has 1 aromatic heterocycles. The molecule has 25 heavy (non-hydrogen) atoms. The van der Waals surface area contributed by atoms with Crippen molar-refractivity contribution in [3.8, 4) is 0 Å². The van der Waals surface area contributed by atoms with E-state index in [0.717, 1.165) is 5.69 Å². The number of aromatic nitrogens is 1. The van der Waals surface area contributed by atoms with Crippen LogP contribution in [-0.2, 0) is 6.54 Å². The molecule has 0 unspecified atom stereocenters. The van der Waals surface area contributed by atoms with Gasteiger partial charge in [0.2, 0.25) is 0 Å². The SMILES string of the molecule is O=C(Nc1ccc(Cl)cc1)c1cccc(Cl)c1NCc1ccccn1. The predicted octanol–water partition coefficient (Wildman–Crippen LogP) is 5.25. The van der Waals surface area contributed by atoms with E-state index in [1.165, 1.54) is 0 Å². The molecule has 3 aromatic rings. The molecule has 0 atom stereocenters. The molecule has 1 heterocycles. The molecule has 0 saturated heterocycles. The molecule has 0 radical (unpaired) electrons. The summed E-state index contributed by atoms with van der Waals surface area (Å²) in [6, 6.07) is 17.8. The maximum Gasteiger partial charge on any atom is 0.257 e. The number of halogens is 2. The highest BCUT2D eigenvalue weighted by Gasteiger charge is 2.14. The first-order valence-corrected chi connectivity index (χ1v) is 8.38. The van der Waals surface area contributed by atoms with Gasteiger partial charge in [0.25, 0.3) is 5.91 Å². The predicted molar refractivity (Wildman–Crippen MR) is 102 cm³/mol. The topological polar surface area (TPSA) is 54.0 Å². The van der Waals surface area contributed by atoms with Gasteiger partial charge in [-0.2, -0.15) is 0 Å². The molecule has 4 nitrogen and oxygen atoms in total. The lowest BCUT2D eigenvalue weighted by atomic mass is 10.1. The van der Waals surface area contributed by atoms with Crippen molar-refractivity contribution in [1.82, 2.24) is 4.98 Å². The van der Waals surface area contributed by atoms with Gasteiger partial charge in [0, 0.05) is 16.9 Å². The standard InChI is InChI=1S/C19H15Cl2N3O/c20-13-7-9-14(10-8-13)24-19(25)16-5-3-6-17(21)18(16)23-12-15-4-1-2-11-22-15/h1-11,23H,12H2,(H,24,25). The van der Waals surface area contributed by atoms with E-state index in [9.17, 15) is 4.79 Å². The van der Waals surface area contributed by atoms with Crippen molar-refractivity contribution in [2.75, 3.05) is 10.6 Å². The Morgan fingerprint density at radius 2 is 1.76 bits per heavy atom. The zero-order valence-electron chi connectivity index (χ0n) is 13.2. The second kappa shape index (κ2) is 8.01. The van der Waals surface area contributed by atoms with Crippen LogP contribution in [0.15, 0.2) is 66.9 Å². The van der Waals surface area contributed by atoms with Gasteiger partial charge in [-0.25, -0.2) is 0 Å². The lowest BCUT2D eigenvalue weighted by Crippen LogP contribution is -2.15. The highest BCUT2D eigenvalue weighted by atomic mass is 35.5. The Labute approximate surface area is 155 Å². The summed E-state index contributed by atoms with van der Waals surface area (Å²) in [7, 11) is 0.